The molecular formula is C13H16N2S. The van der Waals surface area contributed by atoms with Gasteiger partial charge in [0.1, 0.15) is 0 Å². The average molecular weight is 232 g/mol. The summed E-state index contributed by atoms with van der Waals surface area (Å²) in [6.07, 6.45) is 2.91. The molecule has 0 aliphatic carbocycles. The molecule has 2 aromatic rings. The van der Waals surface area contributed by atoms with E-state index in [1.165, 1.54) is 21.0 Å². The van der Waals surface area contributed by atoms with E-state index >= 15 is 0 Å². The van der Waals surface area contributed by atoms with Crippen LogP contribution in [0.3, 0.4) is 0 Å². The highest BCUT2D eigenvalue weighted by Crippen LogP contribution is 2.18. The second-order valence-electron chi connectivity index (χ2n) is 3.85. The van der Waals surface area contributed by atoms with Crippen molar-refractivity contribution in [2.24, 2.45) is 0 Å². The van der Waals surface area contributed by atoms with Crippen LogP contribution in [0.15, 0.2) is 30.5 Å². The van der Waals surface area contributed by atoms with Crippen molar-refractivity contribution in [3.63, 3.8) is 0 Å². The minimum atomic E-state index is 0.908. The molecular weight excluding hydrogens is 216 g/mol. The van der Waals surface area contributed by atoms with Gasteiger partial charge < -0.3 is 5.32 Å². The predicted octanol–water partition coefficient (Wildman–Crippen LogP) is 2.76. The van der Waals surface area contributed by atoms with Crippen molar-refractivity contribution in [3.05, 3.63) is 51.5 Å². The highest BCUT2D eigenvalue weighted by atomic mass is 32.1. The Morgan fingerprint density at radius 3 is 2.88 bits per heavy atom. The Morgan fingerprint density at radius 2 is 2.12 bits per heavy atom. The summed E-state index contributed by atoms with van der Waals surface area (Å²) in [7, 11) is 1.96. The van der Waals surface area contributed by atoms with Crippen molar-refractivity contribution >= 4 is 11.3 Å². The van der Waals surface area contributed by atoms with Gasteiger partial charge in [-0.2, -0.15) is 0 Å². The molecule has 1 N–H and O–H groups in total. The Hall–Kier alpha value is -1.19. The van der Waals surface area contributed by atoms with E-state index in [4.69, 9.17) is 0 Å². The Labute approximate surface area is 100 Å². The number of nitrogens with zero attached hydrogens (tertiary/aromatic N) is 1. The minimum Gasteiger partial charge on any atom is -0.315 e. The molecule has 0 spiro atoms. The lowest BCUT2D eigenvalue weighted by Gasteiger charge is -2.01. The first-order valence-corrected chi connectivity index (χ1v) is 6.24. The third-order valence-corrected chi connectivity index (χ3v) is 3.55. The maximum atomic E-state index is 4.45. The molecule has 1 aromatic carbocycles. The molecule has 84 valence electrons. The number of hydrogen-bond donors (Lipinski definition) is 1. The first-order chi connectivity index (χ1) is 7.79. The van der Waals surface area contributed by atoms with Crippen LogP contribution in [0.2, 0.25) is 0 Å². The van der Waals surface area contributed by atoms with Gasteiger partial charge in [-0.25, -0.2) is 4.98 Å². The van der Waals surface area contributed by atoms with Gasteiger partial charge in [0.2, 0.25) is 0 Å². The third kappa shape index (κ3) is 2.68. The number of nitrogens with one attached hydrogen (secondary N) is 1. The van der Waals surface area contributed by atoms with Gasteiger partial charge in [0.15, 0.2) is 0 Å². The van der Waals surface area contributed by atoms with E-state index in [1.54, 1.807) is 11.3 Å². The second kappa shape index (κ2) is 5.23. The topological polar surface area (TPSA) is 24.9 Å². The molecule has 0 radical (unpaired) electrons. The molecule has 0 unspecified atom stereocenters. The maximum Gasteiger partial charge on any atom is 0.0972 e. The van der Waals surface area contributed by atoms with Crippen LogP contribution in [0.5, 0.6) is 0 Å². The van der Waals surface area contributed by atoms with E-state index in [1.807, 2.05) is 13.2 Å². The lowest BCUT2D eigenvalue weighted by molar-refractivity contribution is 0.829. The molecule has 0 fully saturated rings. The number of rotatable bonds is 4. The van der Waals surface area contributed by atoms with Crippen LogP contribution < -0.4 is 5.32 Å². The predicted molar refractivity (Wildman–Crippen MR) is 68.9 cm³/mol. The summed E-state index contributed by atoms with van der Waals surface area (Å²) in [5.74, 6) is 0. The fourth-order valence-corrected chi connectivity index (χ4v) is 2.61. The molecule has 2 nitrogen and oxygen atoms in total. The zero-order chi connectivity index (χ0) is 11.4. The summed E-state index contributed by atoms with van der Waals surface area (Å²) >= 11 is 1.79. The lowest BCUT2D eigenvalue weighted by Crippen LogP contribution is -2.02. The molecule has 3 heteroatoms. The Bertz CT molecular complexity index is 462. The lowest BCUT2D eigenvalue weighted by atomic mass is 10.1. The van der Waals surface area contributed by atoms with Gasteiger partial charge >= 0.3 is 0 Å². The maximum absolute atomic E-state index is 4.45. The number of thiazole rings is 1. The first-order valence-electron chi connectivity index (χ1n) is 5.42. The van der Waals surface area contributed by atoms with Crippen LogP contribution in [0.4, 0.5) is 0 Å². The molecule has 0 saturated heterocycles. The standard InChI is InChI=1S/C13H16N2S/c1-10-5-3-4-6-11(10)7-13-15-9-12(16-13)8-14-2/h3-6,9,14H,7-8H2,1-2H3. The van der Waals surface area contributed by atoms with Crippen LogP contribution in [-0.4, -0.2) is 12.0 Å². The van der Waals surface area contributed by atoms with Crippen LogP contribution in [-0.2, 0) is 13.0 Å². The van der Waals surface area contributed by atoms with Gasteiger partial charge in [-0.3, -0.25) is 0 Å². The first kappa shape index (κ1) is 11.3. The number of benzene rings is 1. The smallest absolute Gasteiger partial charge is 0.0972 e. The van der Waals surface area contributed by atoms with Gasteiger partial charge in [-0.05, 0) is 25.1 Å². The molecule has 0 amide bonds. The van der Waals surface area contributed by atoms with Crippen LogP contribution in [0.1, 0.15) is 21.0 Å². The van der Waals surface area contributed by atoms with Crippen molar-refractivity contribution < 1.29 is 0 Å². The van der Waals surface area contributed by atoms with E-state index in [0.717, 1.165) is 13.0 Å². The van der Waals surface area contributed by atoms with Gasteiger partial charge in [-0.15, -0.1) is 11.3 Å². The van der Waals surface area contributed by atoms with E-state index in [2.05, 4.69) is 41.5 Å². The summed E-state index contributed by atoms with van der Waals surface area (Å²) in [5, 5.41) is 4.34. The number of hydrogen-bond acceptors (Lipinski definition) is 3. The van der Waals surface area contributed by atoms with Crippen LogP contribution >= 0.6 is 11.3 Å². The molecule has 0 bridgehead atoms. The summed E-state index contributed by atoms with van der Waals surface area (Å²) in [4.78, 5) is 5.75. The van der Waals surface area contributed by atoms with Crippen molar-refractivity contribution in [3.8, 4) is 0 Å². The average Bonchev–Trinajstić information content (AvgIpc) is 2.70. The van der Waals surface area contributed by atoms with Crippen molar-refractivity contribution in [1.29, 1.82) is 0 Å². The van der Waals surface area contributed by atoms with Crippen LogP contribution in [0.25, 0.3) is 0 Å². The van der Waals surface area contributed by atoms with Crippen molar-refractivity contribution in [2.75, 3.05) is 7.05 Å². The summed E-state index contributed by atoms with van der Waals surface area (Å²) in [6, 6.07) is 8.49. The van der Waals surface area contributed by atoms with Gasteiger partial charge in [0.05, 0.1) is 5.01 Å². The highest BCUT2D eigenvalue weighted by molar-refractivity contribution is 7.11. The fourth-order valence-electron chi connectivity index (χ4n) is 1.66. The molecule has 0 atom stereocenters. The summed E-state index contributed by atoms with van der Waals surface area (Å²) in [5.41, 5.74) is 2.71. The molecule has 0 aliphatic heterocycles. The van der Waals surface area contributed by atoms with E-state index in [9.17, 15) is 0 Å². The highest BCUT2D eigenvalue weighted by Gasteiger charge is 2.04. The normalized spacial score (nSPS) is 10.6. The Morgan fingerprint density at radius 1 is 1.31 bits per heavy atom. The molecule has 1 aromatic heterocycles. The van der Waals surface area contributed by atoms with E-state index in [-0.39, 0.29) is 0 Å². The van der Waals surface area contributed by atoms with E-state index in [0.29, 0.717) is 0 Å². The number of aryl methyl sites for hydroxylation is 1. The van der Waals surface area contributed by atoms with Crippen molar-refractivity contribution in [1.82, 2.24) is 10.3 Å². The molecule has 0 aliphatic rings. The molecule has 1 heterocycles. The Kier molecular flexibility index (Phi) is 3.70. The third-order valence-electron chi connectivity index (χ3n) is 2.56. The van der Waals surface area contributed by atoms with Gasteiger partial charge in [0.25, 0.3) is 0 Å². The molecule has 2 rings (SSSR count). The summed E-state index contributed by atoms with van der Waals surface area (Å²) < 4.78 is 0. The SMILES string of the molecule is CNCc1cnc(Cc2ccccc2C)s1. The second-order valence-corrected chi connectivity index (χ2v) is 5.05. The zero-order valence-corrected chi connectivity index (χ0v) is 10.5. The van der Waals surface area contributed by atoms with Crippen LogP contribution in [0, 0.1) is 6.92 Å². The largest absolute Gasteiger partial charge is 0.315 e. The molecule has 0 saturated carbocycles. The Balaban J connectivity index is 2.11. The van der Waals surface area contributed by atoms with Gasteiger partial charge in [0, 0.05) is 24.0 Å². The monoisotopic (exact) mass is 232 g/mol. The number of aromatic nitrogens is 1. The van der Waals surface area contributed by atoms with E-state index < -0.39 is 0 Å². The quantitative estimate of drug-likeness (QED) is 0.876. The summed E-state index contributed by atoms with van der Waals surface area (Å²) in [6.45, 7) is 3.06. The molecule has 16 heavy (non-hydrogen) atoms. The van der Waals surface area contributed by atoms with Gasteiger partial charge in [-0.1, -0.05) is 24.3 Å². The zero-order valence-electron chi connectivity index (χ0n) is 9.66. The van der Waals surface area contributed by atoms with Crippen molar-refractivity contribution in [2.45, 2.75) is 19.9 Å². The minimum absolute atomic E-state index is 0.908. The fraction of sp³-hybridized carbons (Fsp3) is 0.308.